The number of amides is 1. The second kappa shape index (κ2) is 8.53. The first-order valence-corrected chi connectivity index (χ1v) is 10.9. The van der Waals surface area contributed by atoms with Gasteiger partial charge in [0, 0.05) is 17.1 Å². The zero-order chi connectivity index (χ0) is 22.1. The van der Waals surface area contributed by atoms with Crippen molar-refractivity contribution in [1.82, 2.24) is 9.47 Å². The van der Waals surface area contributed by atoms with Crippen molar-refractivity contribution < 1.29 is 14.7 Å². The summed E-state index contributed by atoms with van der Waals surface area (Å²) in [5.74, 6) is -1.04. The molecule has 0 radical (unpaired) electrons. The quantitative estimate of drug-likeness (QED) is 0.430. The fourth-order valence-corrected chi connectivity index (χ4v) is 4.87. The number of carbonyl (C=O) groups is 2. The van der Waals surface area contributed by atoms with Crippen LogP contribution in [-0.4, -0.2) is 30.8 Å². The Kier molecular flexibility index (Phi) is 5.80. The van der Waals surface area contributed by atoms with Crippen LogP contribution in [0.15, 0.2) is 65.6 Å². The molecule has 5 nitrogen and oxygen atoms in total. The average Bonchev–Trinajstić information content (AvgIpc) is 3.18. The van der Waals surface area contributed by atoms with Crippen LogP contribution < -0.4 is 0 Å². The first-order valence-electron chi connectivity index (χ1n) is 9.67. The van der Waals surface area contributed by atoms with E-state index >= 15 is 0 Å². The van der Waals surface area contributed by atoms with Gasteiger partial charge in [-0.1, -0.05) is 54.3 Å². The third-order valence-electron chi connectivity index (χ3n) is 5.19. The molecule has 7 heteroatoms. The number of carboxylic acid groups (broad SMARTS) is 1. The van der Waals surface area contributed by atoms with Crippen LogP contribution in [0.4, 0.5) is 0 Å². The van der Waals surface area contributed by atoms with Gasteiger partial charge in [-0.15, -0.1) is 0 Å². The van der Waals surface area contributed by atoms with Gasteiger partial charge in [0.25, 0.3) is 5.91 Å². The lowest BCUT2D eigenvalue weighted by atomic mass is 10.2. The van der Waals surface area contributed by atoms with Crippen molar-refractivity contribution in [3.8, 4) is 5.69 Å². The maximum atomic E-state index is 13.0. The minimum Gasteiger partial charge on any atom is -0.478 e. The average molecular weight is 449 g/mol. The molecule has 2 heterocycles. The number of hydrogen-bond donors (Lipinski definition) is 1. The first kappa shape index (κ1) is 21.1. The summed E-state index contributed by atoms with van der Waals surface area (Å²) in [5.41, 5.74) is 5.04. The van der Waals surface area contributed by atoms with Crippen molar-refractivity contribution in [2.75, 3.05) is 0 Å². The van der Waals surface area contributed by atoms with Gasteiger partial charge < -0.3 is 9.67 Å². The maximum absolute atomic E-state index is 13.0. The van der Waals surface area contributed by atoms with E-state index in [1.165, 1.54) is 11.8 Å². The molecule has 2 aromatic carbocycles. The fourth-order valence-electron chi connectivity index (χ4n) is 3.63. The summed E-state index contributed by atoms with van der Waals surface area (Å²) < 4.78 is 2.60. The van der Waals surface area contributed by atoms with Crippen LogP contribution in [0.2, 0.25) is 0 Å². The SMILES string of the molecule is Cc1cc(/C=C2\SC(=S)N(Cc3ccccc3)C2=O)c(C)n1-c1ccc(C(=O)O)cc1. The predicted octanol–water partition coefficient (Wildman–Crippen LogP) is 5.19. The van der Waals surface area contributed by atoms with Crippen molar-refractivity contribution in [2.45, 2.75) is 20.4 Å². The number of hydrogen-bond acceptors (Lipinski definition) is 4. The molecular weight excluding hydrogens is 428 g/mol. The van der Waals surface area contributed by atoms with Gasteiger partial charge in [0.2, 0.25) is 0 Å². The van der Waals surface area contributed by atoms with E-state index in [9.17, 15) is 9.59 Å². The topological polar surface area (TPSA) is 62.5 Å². The van der Waals surface area contributed by atoms with Gasteiger partial charge >= 0.3 is 5.97 Å². The van der Waals surface area contributed by atoms with E-state index < -0.39 is 5.97 Å². The Balaban J connectivity index is 1.62. The highest BCUT2D eigenvalue weighted by Crippen LogP contribution is 2.35. The molecule has 4 rings (SSSR count). The molecule has 0 unspecified atom stereocenters. The molecule has 0 atom stereocenters. The molecule has 0 aliphatic carbocycles. The number of nitrogens with zero attached hydrogens (tertiary/aromatic N) is 2. The lowest BCUT2D eigenvalue weighted by molar-refractivity contribution is -0.122. The molecule has 0 bridgehead atoms. The van der Waals surface area contributed by atoms with Crippen LogP contribution in [0.25, 0.3) is 11.8 Å². The Hall–Kier alpha value is -3.16. The Labute approximate surface area is 190 Å². The van der Waals surface area contributed by atoms with Gasteiger partial charge in [-0.3, -0.25) is 9.69 Å². The van der Waals surface area contributed by atoms with E-state index in [0.29, 0.717) is 15.8 Å². The molecular formula is C24H20N2O3S2. The zero-order valence-corrected chi connectivity index (χ0v) is 18.7. The molecule has 1 saturated heterocycles. The molecule has 31 heavy (non-hydrogen) atoms. The second-order valence-corrected chi connectivity index (χ2v) is 8.94. The fraction of sp³-hybridized carbons (Fsp3) is 0.125. The summed E-state index contributed by atoms with van der Waals surface area (Å²) >= 11 is 6.77. The van der Waals surface area contributed by atoms with Crippen LogP contribution in [0.1, 0.15) is 32.9 Å². The molecule has 1 amide bonds. The maximum Gasteiger partial charge on any atom is 0.335 e. The van der Waals surface area contributed by atoms with Gasteiger partial charge in [-0.05, 0) is 61.4 Å². The molecule has 1 fully saturated rings. The Morgan fingerprint density at radius 2 is 1.77 bits per heavy atom. The lowest BCUT2D eigenvalue weighted by Crippen LogP contribution is -2.27. The number of thiocarbonyl (C=S) groups is 1. The van der Waals surface area contributed by atoms with Crippen LogP contribution >= 0.6 is 24.0 Å². The monoisotopic (exact) mass is 448 g/mol. The minimum absolute atomic E-state index is 0.0885. The molecule has 3 aromatic rings. The Morgan fingerprint density at radius 3 is 2.42 bits per heavy atom. The highest BCUT2D eigenvalue weighted by Gasteiger charge is 2.32. The summed E-state index contributed by atoms with van der Waals surface area (Å²) in [6, 6.07) is 18.6. The van der Waals surface area contributed by atoms with E-state index in [-0.39, 0.29) is 11.5 Å². The number of carbonyl (C=O) groups excluding carboxylic acids is 1. The number of aromatic carboxylic acids is 1. The van der Waals surface area contributed by atoms with Crippen LogP contribution in [0.5, 0.6) is 0 Å². The molecule has 1 aliphatic rings. The van der Waals surface area contributed by atoms with Crippen molar-refractivity contribution in [1.29, 1.82) is 0 Å². The summed E-state index contributed by atoms with van der Waals surface area (Å²) in [6.07, 6.45) is 1.88. The van der Waals surface area contributed by atoms with Gasteiger partial charge in [0.15, 0.2) is 0 Å². The number of aryl methyl sites for hydroxylation is 1. The largest absolute Gasteiger partial charge is 0.478 e. The normalized spacial score (nSPS) is 15.2. The van der Waals surface area contributed by atoms with Gasteiger partial charge in [0.1, 0.15) is 4.32 Å². The highest BCUT2D eigenvalue weighted by atomic mass is 32.2. The standard InChI is InChI=1S/C24H20N2O3S2/c1-15-12-19(16(2)26(15)20-10-8-18(9-11-20)23(28)29)13-21-22(27)25(24(30)31-21)14-17-6-4-3-5-7-17/h3-13H,14H2,1-2H3,(H,28,29)/b21-13-. The van der Waals surface area contributed by atoms with Crippen molar-refractivity contribution in [3.63, 3.8) is 0 Å². The summed E-state index contributed by atoms with van der Waals surface area (Å²) in [7, 11) is 0. The number of rotatable bonds is 5. The first-order chi connectivity index (χ1) is 14.8. The van der Waals surface area contributed by atoms with Crippen molar-refractivity contribution in [3.05, 3.63) is 93.6 Å². The smallest absolute Gasteiger partial charge is 0.335 e. The summed E-state index contributed by atoms with van der Waals surface area (Å²) in [6.45, 7) is 4.42. The number of benzene rings is 2. The molecule has 1 aromatic heterocycles. The van der Waals surface area contributed by atoms with Crippen molar-refractivity contribution in [2.24, 2.45) is 0 Å². The molecule has 1 aliphatic heterocycles. The summed E-state index contributed by atoms with van der Waals surface area (Å²) in [4.78, 5) is 26.3. The van der Waals surface area contributed by atoms with Crippen LogP contribution in [0.3, 0.4) is 0 Å². The Bertz CT molecular complexity index is 1210. The number of aromatic nitrogens is 1. The third kappa shape index (κ3) is 4.19. The highest BCUT2D eigenvalue weighted by molar-refractivity contribution is 8.26. The molecule has 156 valence electrons. The van der Waals surface area contributed by atoms with E-state index in [2.05, 4.69) is 0 Å². The van der Waals surface area contributed by atoms with Gasteiger partial charge in [0.05, 0.1) is 17.0 Å². The molecule has 0 spiro atoms. The number of thioether (sulfide) groups is 1. The van der Waals surface area contributed by atoms with Crippen LogP contribution in [0, 0.1) is 13.8 Å². The van der Waals surface area contributed by atoms with E-state index in [0.717, 1.165) is 28.2 Å². The Morgan fingerprint density at radius 1 is 1.10 bits per heavy atom. The predicted molar refractivity (Wildman–Crippen MR) is 127 cm³/mol. The lowest BCUT2D eigenvalue weighted by Gasteiger charge is -2.14. The van der Waals surface area contributed by atoms with E-state index in [1.807, 2.05) is 60.9 Å². The minimum atomic E-state index is -0.953. The van der Waals surface area contributed by atoms with E-state index in [4.69, 9.17) is 17.3 Å². The molecule has 0 saturated carbocycles. The van der Waals surface area contributed by atoms with Gasteiger partial charge in [-0.2, -0.15) is 0 Å². The second-order valence-electron chi connectivity index (χ2n) is 7.27. The summed E-state index contributed by atoms with van der Waals surface area (Å²) in [5, 5.41) is 9.12. The van der Waals surface area contributed by atoms with Crippen LogP contribution in [-0.2, 0) is 11.3 Å². The van der Waals surface area contributed by atoms with Gasteiger partial charge in [-0.25, -0.2) is 4.79 Å². The van der Waals surface area contributed by atoms with Crippen molar-refractivity contribution >= 4 is 46.3 Å². The van der Waals surface area contributed by atoms with E-state index in [1.54, 1.807) is 29.2 Å². The third-order valence-corrected chi connectivity index (χ3v) is 6.56. The number of carboxylic acids is 1. The zero-order valence-electron chi connectivity index (χ0n) is 17.0. The molecule has 1 N–H and O–H groups in total.